The molecule has 0 spiro atoms. The van der Waals surface area contributed by atoms with Gasteiger partial charge >= 0.3 is 0 Å². The Bertz CT molecular complexity index is 503. The van der Waals surface area contributed by atoms with E-state index < -0.39 is 17.4 Å². The van der Waals surface area contributed by atoms with Crippen molar-refractivity contribution in [2.75, 3.05) is 0 Å². The van der Waals surface area contributed by atoms with Gasteiger partial charge in [0.15, 0.2) is 5.72 Å². The first-order valence-electron chi connectivity index (χ1n) is 5.22. The summed E-state index contributed by atoms with van der Waals surface area (Å²) in [6.45, 7) is 3.27. The molecule has 90 valence electrons. The number of ether oxygens (including phenoxy) is 1. The molecule has 1 aromatic carbocycles. The Balaban J connectivity index is 2.63. The third kappa shape index (κ3) is 1.67. The Kier molecular flexibility index (Phi) is 2.40. The molecule has 1 heterocycles. The summed E-state index contributed by atoms with van der Waals surface area (Å²) < 4.78 is 5.57. The van der Waals surface area contributed by atoms with Gasteiger partial charge in [-0.1, -0.05) is 0 Å². The molecule has 1 aromatic rings. The molecule has 2 atom stereocenters. The lowest BCUT2D eigenvalue weighted by Gasteiger charge is -2.45. The van der Waals surface area contributed by atoms with Crippen molar-refractivity contribution in [3.8, 4) is 11.8 Å². The minimum absolute atomic E-state index is 0.225. The second kappa shape index (κ2) is 3.44. The summed E-state index contributed by atoms with van der Waals surface area (Å²) >= 11 is 0. The Morgan fingerprint density at radius 1 is 1.47 bits per heavy atom. The summed E-state index contributed by atoms with van der Waals surface area (Å²) in [5.74, 6) is 0.379. The van der Waals surface area contributed by atoms with Gasteiger partial charge in [0.1, 0.15) is 17.5 Å². The number of benzene rings is 1. The summed E-state index contributed by atoms with van der Waals surface area (Å²) in [7, 11) is 0. The highest BCUT2D eigenvalue weighted by Gasteiger charge is 2.50. The molecule has 0 fully saturated rings. The fourth-order valence-electron chi connectivity index (χ4n) is 2.02. The van der Waals surface area contributed by atoms with E-state index in [1.54, 1.807) is 26.0 Å². The van der Waals surface area contributed by atoms with E-state index >= 15 is 0 Å². The first kappa shape index (κ1) is 11.9. The number of aliphatic hydroxyl groups is 2. The third-order valence-corrected chi connectivity index (χ3v) is 2.99. The van der Waals surface area contributed by atoms with Crippen LogP contribution < -0.4 is 10.5 Å². The van der Waals surface area contributed by atoms with Crippen LogP contribution in [0.15, 0.2) is 18.2 Å². The zero-order valence-electron chi connectivity index (χ0n) is 9.64. The van der Waals surface area contributed by atoms with E-state index in [0.717, 1.165) is 0 Å². The van der Waals surface area contributed by atoms with Crippen LogP contribution in [-0.4, -0.2) is 21.9 Å². The van der Waals surface area contributed by atoms with Crippen molar-refractivity contribution in [2.24, 2.45) is 5.73 Å². The van der Waals surface area contributed by atoms with Crippen LogP contribution in [0, 0.1) is 11.3 Å². The van der Waals surface area contributed by atoms with Gasteiger partial charge in [0.05, 0.1) is 11.6 Å². The fourth-order valence-corrected chi connectivity index (χ4v) is 2.02. The maximum atomic E-state index is 10.2. The van der Waals surface area contributed by atoms with Crippen molar-refractivity contribution in [1.82, 2.24) is 0 Å². The third-order valence-electron chi connectivity index (χ3n) is 2.99. The monoisotopic (exact) mass is 234 g/mol. The van der Waals surface area contributed by atoms with Crippen LogP contribution in [0.2, 0.25) is 0 Å². The first-order valence-corrected chi connectivity index (χ1v) is 5.22. The summed E-state index contributed by atoms with van der Waals surface area (Å²) in [5, 5.41) is 29.0. The molecular weight excluding hydrogens is 220 g/mol. The Morgan fingerprint density at radius 3 is 2.71 bits per heavy atom. The van der Waals surface area contributed by atoms with Gasteiger partial charge in [-0.3, -0.25) is 5.73 Å². The lowest BCUT2D eigenvalue weighted by atomic mass is 9.83. The summed E-state index contributed by atoms with van der Waals surface area (Å²) in [6, 6.07) is 6.51. The van der Waals surface area contributed by atoms with E-state index in [4.69, 9.17) is 15.7 Å². The van der Waals surface area contributed by atoms with Gasteiger partial charge in [-0.2, -0.15) is 5.26 Å². The molecule has 2 rings (SSSR count). The van der Waals surface area contributed by atoms with Crippen molar-refractivity contribution in [1.29, 1.82) is 5.26 Å². The minimum atomic E-state index is -1.93. The largest absolute Gasteiger partial charge is 0.485 e. The molecular formula is C12H14N2O3. The molecule has 5 heteroatoms. The van der Waals surface area contributed by atoms with Gasteiger partial charge in [-0.05, 0) is 32.0 Å². The van der Waals surface area contributed by atoms with E-state index in [1.165, 1.54) is 6.07 Å². The Hall–Kier alpha value is -1.61. The quantitative estimate of drug-likeness (QED) is 0.557. The van der Waals surface area contributed by atoms with Crippen LogP contribution in [0.25, 0.3) is 0 Å². The zero-order valence-corrected chi connectivity index (χ0v) is 9.64. The number of nitrogens with zero attached hydrogens (tertiary/aromatic N) is 1. The molecule has 0 aromatic heterocycles. The number of rotatable bonds is 0. The molecule has 4 N–H and O–H groups in total. The minimum Gasteiger partial charge on any atom is -0.485 e. The van der Waals surface area contributed by atoms with Crippen molar-refractivity contribution in [3.05, 3.63) is 29.3 Å². The highest BCUT2D eigenvalue weighted by Crippen LogP contribution is 2.41. The molecule has 0 saturated carbocycles. The van der Waals surface area contributed by atoms with Crippen molar-refractivity contribution in [3.63, 3.8) is 0 Å². The van der Waals surface area contributed by atoms with Crippen LogP contribution in [0.3, 0.4) is 0 Å². The molecule has 0 radical (unpaired) electrons. The summed E-state index contributed by atoms with van der Waals surface area (Å²) in [6.07, 6.45) is -1.28. The topological polar surface area (TPSA) is 99.5 Å². The van der Waals surface area contributed by atoms with E-state index in [-0.39, 0.29) is 5.56 Å². The molecule has 0 saturated heterocycles. The van der Waals surface area contributed by atoms with Crippen molar-refractivity contribution in [2.45, 2.75) is 31.3 Å². The average molecular weight is 234 g/mol. The first-order chi connectivity index (χ1) is 7.79. The molecule has 0 amide bonds. The van der Waals surface area contributed by atoms with Crippen LogP contribution >= 0.6 is 0 Å². The molecule has 2 unspecified atom stereocenters. The summed E-state index contributed by atoms with van der Waals surface area (Å²) in [5.41, 5.74) is 3.40. The number of hydrogen-bond acceptors (Lipinski definition) is 5. The van der Waals surface area contributed by atoms with E-state index in [0.29, 0.717) is 11.3 Å². The predicted octanol–water partition coefficient (Wildman–Crippen LogP) is 0.194. The Labute approximate surface area is 99.0 Å². The highest BCUT2D eigenvalue weighted by molar-refractivity contribution is 5.47. The van der Waals surface area contributed by atoms with Crippen LogP contribution in [-0.2, 0) is 5.72 Å². The van der Waals surface area contributed by atoms with Gasteiger partial charge in [0.2, 0.25) is 0 Å². The number of hydrogen-bond donors (Lipinski definition) is 3. The van der Waals surface area contributed by atoms with Crippen molar-refractivity contribution < 1.29 is 14.9 Å². The van der Waals surface area contributed by atoms with Gasteiger partial charge in [0.25, 0.3) is 0 Å². The van der Waals surface area contributed by atoms with Crippen molar-refractivity contribution >= 4 is 0 Å². The smallest absolute Gasteiger partial charge is 0.173 e. The maximum Gasteiger partial charge on any atom is 0.173 e. The maximum absolute atomic E-state index is 10.2. The normalized spacial score (nSPS) is 30.0. The number of nitrogens with two attached hydrogens (primary N) is 1. The predicted molar refractivity (Wildman–Crippen MR) is 60.0 cm³/mol. The zero-order chi connectivity index (χ0) is 12.8. The van der Waals surface area contributed by atoms with Gasteiger partial charge < -0.3 is 14.9 Å². The van der Waals surface area contributed by atoms with Crippen LogP contribution in [0.5, 0.6) is 5.75 Å². The fraction of sp³-hybridized carbons (Fsp3) is 0.417. The molecule has 17 heavy (non-hydrogen) atoms. The average Bonchev–Trinajstić information content (AvgIpc) is 2.26. The molecule has 0 aliphatic carbocycles. The summed E-state index contributed by atoms with van der Waals surface area (Å²) in [4.78, 5) is 0. The lowest BCUT2D eigenvalue weighted by molar-refractivity contribution is -0.169. The standard InChI is InChI=1S/C12H14N2O3/c1-11(2)10(15)12(14,16)8-5-7(6-13)3-4-9(8)17-11/h3-5,10,15-16H,14H2,1-2H3. The molecule has 0 bridgehead atoms. The Morgan fingerprint density at radius 2 is 2.12 bits per heavy atom. The highest BCUT2D eigenvalue weighted by atomic mass is 16.5. The number of aliphatic hydroxyl groups excluding tert-OH is 1. The number of nitriles is 1. The number of fused-ring (bicyclic) bond motifs is 1. The van der Waals surface area contributed by atoms with E-state index in [1.807, 2.05) is 6.07 Å². The van der Waals surface area contributed by atoms with E-state index in [9.17, 15) is 10.2 Å². The van der Waals surface area contributed by atoms with Gasteiger partial charge in [-0.25, -0.2) is 0 Å². The van der Waals surface area contributed by atoms with Gasteiger partial charge in [-0.15, -0.1) is 0 Å². The molecule has 1 aliphatic rings. The molecule has 5 nitrogen and oxygen atoms in total. The molecule has 1 aliphatic heterocycles. The van der Waals surface area contributed by atoms with Crippen LogP contribution in [0.4, 0.5) is 0 Å². The second-order valence-electron chi connectivity index (χ2n) is 4.76. The van der Waals surface area contributed by atoms with Gasteiger partial charge in [0, 0.05) is 5.56 Å². The SMILES string of the molecule is CC1(C)Oc2ccc(C#N)cc2C(N)(O)C1O. The lowest BCUT2D eigenvalue weighted by Crippen LogP contribution is -2.62. The van der Waals surface area contributed by atoms with Crippen LogP contribution in [0.1, 0.15) is 25.0 Å². The van der Waals surface area contributed by atoms with E-state index in [2.05, 4.69) is 0 Å². The second-order valence-corrected chi connectivity index (χ2v) is 4.76.